The van der Waals surface area contributed by atoms with Gasteiger partial charge in [0.05, 0.1) is 19.8 Å². The maximum atomic E-state index is 9.39. The number of ether oxygens (including phenoxy) is 2. The predicted molar refractivity (Wildman–Crippen MR) is 95.5 cm³/mol. The number of aliphatic hydroxyl groups is 1. The molecular formula is C19H22O3S. The van der Waals surface area contributed by atoms with Gasteiger partial charge in [-0.2, -0.15) is 11.8 Å². The Kier molecular flexibility index (Phi) is 5.47. The number of fused-ring (bicyclic) bond motifs is 3. The van der Waals surface area contributed by atoms with Gasteiger partial charge in [-0.15, -0.1) is 0 Å². The van der Waals surface area contributed by atoms with E-state index in [-0.39, 0.29) is 6.61 Å². The minimum Gasteiger partial charge on any atom is -0.493 e. The second kappa shape index (κ2) is 7.75. The van der Waals surface area contributed by atoms with Gasteiger partial charge in [0.1, 0.15) is 11.5 Å². The van der Waals surface area contributed by atoms with Crippen LogP contribution in [-0.2, 0) is 13.0 Å². The fourth-order valence-electron chi connectivity index (χ4n) is 2.79. The van der Waals surface area contributed by atoms with Crippen molar-refractivity contribution < 1.29 is 14.6 Å². The molecule has 0 fully saturated rings. The molecule has 122 valence electrons. The van der Waals surface area contributed by atoms with E-state index in [2.05, 4.69) is 24.5 Å². The van der Waals surface area contributed by atoms with E-state index in [1.165, 1.54) is 5.56 Å². The Labute approximate surface area is 141 Å². The number of aliphatic hydroxyl groups excluding tert-OH is 1. The summed E-state index contributed by atoms with van der Waals surface area (Å²) in [5.41, 5.74) is 4.41. The fourth-order valence-corrected chi connectivity index (χ4v) is 3.20. The van der Waals surface area contributed by atoms with Crippen LogP contribution in [0.5, 0.6) is 11.5 Å². The minimum absolute atomic E-state index is 0.0557. The highest BCUT2D eigenvalue weighted by atomic mass is 32.2. The number of hydrogen-bond donors (Lipinski definition) is 1. The quantitative estimate of drug-likeness (QED) is 0.815. The van der Waals surface area contributed by atoms with Gasteiger partial charge in [-0.3, -0.25) is 0 Å². The Hall–Kier alpha value is -1.65. The van der Waals surface area contributed by atoms with Crippen molar-refractivity contribution in [2.24, 2.45) is 0 Å². The summed E-state index contributed by atoms with van der Waals surface area (Å²) < 4.78 is 11.7. The first-order valence-electron chi connectivity index (χ1n) is 7.93. The molecule has 0 bridgehead atoms. The summed E-state index contributed by atoms with van der Waals surface area (Å²) in [4.78, 5) is 0. The standard InChI is InChI=1S/C19H22O3S/c1-23-10-2-8-21-16-5-6-17-18-11-14(13-20)3-4-15(18)7-9-22-19(17)12-16/h3-6,11-12,20H,2,7-10,13H2,1H3. The topological polar surface area (TPSA) is 38.7 Å². The molecule has 1 N–H and O–H groups in total. The van der Waals surface area contributed by atoms with Gasteiger partial charge in [0.25, 0.3) is 0 Å². The highest BCUT2D eigenvalue weighted by Crippen LogP contribution is 2.38. The highest BCUT2D eigenvalue weighted by molar-refractivity contribution is 7.98. The monoisotopic (exact) mass is 330 g/mol. The second-order valence-corrected chi connectivity index (χ2v) is 6.59. The van der Waals surface area contributed by atoms with Crippen molar-refractivity contribution >= 4 is 11.8 Å². The molecule has 23 heavy (non-hydrogen) atoms. The van der Waals surface area contributed by atoms with E-state index in [0.29, 0.717) is 6.61 Å². The van der Waals surface area contributed by atoms with Crippen LogP contribution < -0.4 is 9.47 Å². The molecule has 1 heterocycles. The van der Waals surface area contributed by atoms with Gasteiger partial charge in [0, 0.05) is 18.1 Å². The van der Waals surface area contributed by atoms with Crippen molar-refractivity contribution in [2.45, 2.75) is 19.4 Å². The van der Waals surface area contributed by atoms with E-state index in [4.69, 9.17) is 9.47 Å². The molecule has 1 aliphatic heterocycles. The highest BCUT2D eigenvalue weighted by Gasteiger charge is 2.16. The Morgan fingerprint density at radius 2 is 2.09 bits per heavy atom. The summed E-state index contributed by atoms with van der Waals surface area (Å²) in [7, 11) is 0. The second-order valence-electron chi connectivity index (χ2n) is 5.60. The Bertz CT molecular complexity index is 670. The van der Waals surface area contributed by atoms with Crippen LogP contribution in [0.3, 0.4) is 0 Å². The van der Waals surface area contributed by atoms with Gasteiger partial charge >= 0.3 is 0 Å². The molecule has 0 radical (unpaired) electrons. The molecule has 2 aromatic carbocycles. The van der Waals surface area contributed by atoms with Crippen LogP contribution in [0.25, 0.3) is 11.1 Å². The van der Waals surface area contributed by atoms with E-state index in [9.17, 15) is 5.11 Å². The van der Waals surface area contributed by atoms with E-state index in [1.807, 2.05) is 30.0 Å². The molecular weight excluding hydrogens is 308 g/mol. The molecule has 0 spiro atoms. The first kappa shape index (κ1) is 16.2. The summed E-state index contributed by atoms with van der Waals surface area (Å²) in [6, 6.07) is 12.2. The van der Waals surface area contributed by atoms with Gasteiger partial charge in [-0.25, -0.2) is 0 Å². The predicted octanol–water partition coefficient (Wildman–Crippen LogP) is 3.91. The number of benzene rings is 2. The molecule has 0 atom stereocenters. The van der Waals surface area contributed by atoms with E-state index in [1.54, 1.807) is 0 Å². The average Bonchev–Trinajstić information content (AvgIpc) is 2.77. The van der Waals surface area contributed by atoms with Crippen LogP contribution in [0.1, 0.15) is 17.5 Å². The molecule has 4 heteroatoms. The molecule has 0 saturated carbocycles. The van der Waals surface area contributed by atoms with Crippen molar-refractivity contribution in [3.05, 3.63) is 47.5 Å². The molecule has 2 aromatic rings. The minimum atomic E-state index is 0.0557. The van der Waals surface area contributed by atoms with Crippen molar-refractivity contribution in [1.29, 1.82) is 0 Å². The normalized spacial score (nSPS) is 12.8. The van der Waals surface area contributed by atoms with Crippen molar-refractivity contribution in [2.75, 3.05) is 25.2 Å². The zero-order valence-corrected chi connectivity index (χ0v) is 14.2. The first-order chi connectivity index (χ1) is 11.3. The molecule has 3 nitrogen and oxygen atoms in total. The van der Waals surface area contributed by atoms with Crippen LogP contribution in [0, 0.1) is 0 Å². The van der Waals surface area contributed by atoms with Crippen molar-refractivity contribution in [3.63, 3.8) is 0 Å². The van der Waals surface area contributed by atoms with Crippen LogP contribution in [0.4, 0.5) is 0 Å². The SMILES string of the molecule is CSCCCOc1ccc2c(c1)OCCc1ccc(CO)cc1-2. The molecule has 0 aromatic heterocycles. The maximum Gasteiger partial charge on any atom is 0.130 e. The van der Waals surface area contributed by atoms with Gasteiger partial charge in [0.15, 0.2) is 0 Å². The van der Waals surface area contributed by atoms with Crippen LogP contribution >= 0.6 is 11.8 Å². The summed E-state index contributed by atoms with van der Waals surface area (Å²) >= 11 is 1.83. The van der Waals surface area contributed by atoms with Gasteiger partial charge in [-0.05, 0) is 53.3 Å². The molecule has 3 rings (SSSR count). The summed E-state index contributed by atoms with van der Waals surface area (Å²) in [6.07, 6.45) is 4.02. The van der Waals surface area contributed by atoms with Crippen molar-refractivity contribution in [1.82, 2.24) is 0 Å². The van der Waals surface area contributed by atoms with E-state index in [0.717, 1.165) is 53.4 Å². The van der Waals surface area contributed by atoms with Crippen LogP contribution in [0.15, 0.2) is 36.4 Å². The lowest BCUT2D eigenvalue weighted by atomic mass is 9.96. The zero-order chi connectivity index (χ0) is 16.1. The number of hydrogen-bond acceptors (Lipinski definition) is 4. The Morgan fingerprint density at radius 1 is 1.17 bits per heavy atom. The van der Waals surface area contributed by atoms with Gasteiger partial charge < -0.3 is 14.6 Å². The van der Waals surface area contributed by atoms with E-state index >= 15 is 0 Å². The smallest absolute Gasteiger partial charge is 0.130 e. The zero-order valence-electron chi connectivity index (χ0n) is 13.4. The lowest BCUT2D eigenvalue weighted by Gasteiger charge is -2.12. The third-order valence-corrected chi connectivity index (χ3v) is 4.69. The molecule has 0 aliphatic carbocycles. The maximum absolute atomic E-state index is 9.39. The van der Waals surface area contributed by atoms with Crippen LogP contribution in [0.2, 0.25) is 0 Å². The van der Waals surface area contributed by atoms with Crippen molar-refractivity contribution in [3.8, 4) is 22.6 Å². The first-order valence-corrected chi connectivity index (χ1v) is 9.33. The van der Waals surface area contributed by atoms with Gasteiger partial charge in [0.2, 0.25) is 0 Å². The Morgan fingerprint density at radius 3 is 2.91 bits per heavy atom. The van der Waals surface area contributed by atoms with Crippen LogP contribution in [-0.4, -0.2) is 30.3 Å². The largest absolute Gasteiger partial charge is 0.493 e. The summed E-state index contributed by atoms with van der Waals surface area (Å²) in [5.74, 6) is 2.83. The molecule has 0 saturated heterocycles. The Balaban J connectivity index is 1.86. The molecule has 0 amide bonds. The molecule has 1 aliphatic rings. The summed E-state index contributed by atoms with van der Waals surface area (Å²) in [5, 5.41) is 9.39. The average molecular weight is 330 g/mol. The number of rotatable bonds is 6. The third-order valence-electron chi connectivity index (χ3n) is 3.99. The third kappa shape index (κ3) is 3.82. The van der Waals surface area contributed by atoms with E-state index < -0.39 is 0 Å². The lowest BCUT2D eigenvalue weighted by molar-refractivity contribution is 0.282. The van der Waals surface area contributed by atoms with Gasteiger partial charge in [-0.1, -0.05) is 12.1 Å². The molecule has 0 unspecified atom stereocenters. The summed E-state index contributed by atoms with van der Waals surface area (Å²) in [6.45, 7) is 1.44. The fraction of sp³-hybridized carbons (Fsp3) is 0.368. The lowest BCUT2D eigenvalue weighted by Crippen LogP contribution is -2.00. The number of thioether (sulfide) groups is 1.